The first kappa shape index (κ1) is 15.4. The Balaban J connectivity index is 2.16. The molecule has 0 aliphatic carbocycles. The molecular formula is C18H24N2O. The molecule has 3 heteroatoms. The number of nitrogens with zero attached hydrogens (tertiary/aromatic N) is 2. The Bertz CT molecular complexity index is 494. The number of carbonyl (C=O) groups is 1. The van der Waals surface area contributed by atoms with E-state index in [9.17, 15) is 4.79 Å². The maximum absolute atomic E-state index is 12.4. The van der Waals surface area contributed by atoms with E-state index in [4.69, 9.17) is 0 Å². The minimum Gasteiger partial charge on any atom is -0.364 e. The Kier molecular flexibility index (Phi) is 5.61. The summed E-state index contributed by atoms with van der Waals surface area (Å²) in [6.45, 7) is 10.9. The zero-order chi connectivity index (χ0) is 15.1. The maximum Gasteiger partial charge on any atom is 0.227 e. The highest BCUT2D eigenvalue weighted by molar-refractivity contribution is 5.81. The molecule has 1 aromatic carbocycles. The first-order chi connectivity index (χ1) is 10.3. The van der Waals surface area contributed by atoms with Crippen molar-refractivity contribution >= 4 is 11.6 Å². The molecule has 1 heterocycles. The number of hydrogen-bond donors (Lipinski definition) is 0. The van der Waals surface area contributed by atoms with Gasteiger partial charge in [-0.15, -0.1) is 13.2 Å². The number of benzene rings is 1. The van der Waals surface area contributed by atoms with Gasteiger partial charge >= 0.3 is 0 Å². The van der Waals surface area contributed by atoms with E-state index in [2.05, 4.69) is 24.1 Å². The number of carbonyl (C=O) groups excluding carboxylic acids is 1. The van der Waals surface area contributed by atoms with E-state index in [0.29, 0.717) is 6.42 Å². The van der Waals surface area contributed by atoms with Crippen molar-refractivity contribution in [3.63, 3.8) is 0 Å². The first-order valence-corrected chi connectivity index (χ1v) is 7.58. The van der Waals surface area contributed by atoms with E-state index >= 15 is 0 Å². The van der Waals surface area contributed by atoms with Crippen LogP contribution in [-0.2, 0) is 11.2 Å². The Labute approximate surface area is 127 Å². The Morgan fingerprint density at radius 1 is 1.14 bits per heavy atom. The molecule has 2 rings (SSSR count). The quantitative estimate of drug-likeness (QED) is 0.719. The summed E-state index contributed by atoms with van der Waals surface area (Å²) in [4.78, 5) is 16.5. The molecule has 0 spiro atoms. The van der Waals surface area contributed by atoms with Gasteiger partial charge in [0.1, 0.15) is 0 Å². The van der Waals surface area contributed by atoms with Crippen molar-refractivity contribution in [1.29, 1.82) is 0 Å². The number of rotatable bonds is 7. The zero-order valence-corrected chi connectivity index (χ0v) is 12.6. The average molecular weight is 284 g/mol. The van der Waals surface area contributed by atoms with Crippen LogP contribution in [0.1, 0.15) is 18.4 Å². The van der Waals surface area contributed by atoms with Crippen LogP contribution in [0.25, 0.3) is 0 Å². The molecule has 0 N–H and O–H groups in total. The van der Waals surface area contributed by atoms with Crippen molar-refractivity contribution in [2.45, 2.75) is 19.3 Å². The number of anilines is 1. The largest absolute Gasteiger partial charge is 0.364 e. The summed E-state index contributed by atoms with van der Waals surface area (Å²) in [6.07, 6.45) is 6.49. The third-order valence-corrected chi connectivity index (χ3v) is 3.83. The molecule has 3 nitrogen and oxygen atoms in total. The molecule has 1 saturated heterocycles. The third-order valence-electron chi connectivity index (χ3n) is 3.83. The van der Waals surface area contributed by atoms with Crippen LogP contribution < -0.4 is 4.90 Å². The van der Waals surface area contributed by atoms with E-state index in [0.717, 1.165) is 50.3 Å². The number of hydrogen-bond acceptors (Lipinski definition) is 2. The summed E-state index contributed by atoms with van der Waals surface area (Å²) in [6, 6.07) is 8.12. The molecule has 21 heavy (non-hydrogen) atoms. The summed E-state index contributed by atoms with van der Waals surface area (Å²) in [5, 5.41) is 0. The van der Waals surface area contributed by atoms with Gasteiger partial charge in [-0.2, -0.15) is 0 Å². The van der Waals surface area contributed by atoms with Crippen LogP contribution in [0.5, 0.6) is 0 Å². The van der Waals surface area contributed by atoms with Gasteiger partial charge in [0.25, 0.3) is 0 Å². The lowest BCUT2D eigenvalue weighted by Crippen LogP contribution is -2.30. The minimum absolute atomic E-state index is 0.233. The fraction of sp³-hybridized carbons (Fsp3) is 0.389. The number of likely N-dealkylation sites (tertiary alicyclic amines) is 1. The summed E-state index contributed by atoms with van der Waals surface area (Å²) in [5.74, 6) is 0.233. The standard InChI is InChI=1S/C18H24N2O/c1-3-11-19(12-4-2)17-10-6-5-9-16(17)15-18(21)20-13-7-8-14-20/h3-6,9-10H,1-2,7-8,11-15H2. The van der Waals surface area contributed by atoms with Crippen LogP contribution >= 0.6 is 0 Å². The molecule has 0 atom stereocenters. The predicted octanol–water partition coefficient (Wildman–Crippen LogP) is 3.03. The van der Waals surface area contributed by atoms with Crippen molar-refractivity contribution in [2.75, 3.05) is 31.1 Å². The van der Waals surface area contributed by atoms with Gasteiger partial charge in [0, 0.05) is 31.9 Å². The van der Waals surface area contributed by atoms with E-state index in [1.807, 2.05) is 35.3 Å². The van der Waals surface area contributed by atoms with E-state index in [1.54, 1.807) is 0 Å². The lowest BCUT2D eigenvalue weighted by Gasteiger charge is -2.25. The second-order valence-electron chi connectivity index (χ2n) is 5.38. The average Bonchev–Trinajstić information content (AvgIpc) is 3.02. The molecular weight excluding hydrogens is 260 g/mol. The van der Waals surface area contributed by atoms with Crippen LogP contribution in [0.15, 0.2) is 49.6 Å². The first-order valence-electron chi connectivity index (χ1n) is 7.58. The normalized spacial score (nSPS) is 14.0. The van der Waals surface area contributed by atoms with Gasteiger partial charge in [-0.3, -0.25) is 4.79 Å². The van der Waals surface area contributed by atoms with Gasteiger partial charge in [0.15, 0.2) is 0 Å². The lowest BCUT2D eigenvalue weighted by atomic mass is 10.1. The minimum atomic E-state index is 0.233. The molecule has 0 bridgehead atoms. The SMILES string of the molecule is C=CCN(CC=C)c1ccccc1CC(=O)N1CCCC1. The van der Waals surface area contributed by atoms with Crippen LogP contribution in [-0.4, -0.2) is 37.0 Å². The monoisotopic (exact) mass is 284 g/mol. The molecule has 112 valence electrons. The second-order valence-corrected chi connectivity index (χ2v) is 5.38. The Morgan fingerprint density at radius 2 is 1.76 bits per heavy atom. The van der Waals surface area contributed by atoms with Crippen molar-refractivity contribution in [3.8, 4) is 0 Å². The van der Waals surface area contributed by atoms with Gasteiger partial charge in [0.2, 0.25) is 5.91 Å². The van der Waals surface area contributed by atoms with Gasteiger partial charge in [-0.25, -0.2) is 0 Å². The van der Waals surface area contributed by atoms with Crippen molar-refractivity contribution in [3.05, 3.63) is 55.1 Å². The highest BCUT2D eigenvalue weighted by Crippen LogP contribution is 2.22. The molecule has 1 aromatic rings. The van der Waals surface area contributed by atoms with E-state index in [-0.39, 0.29) is 5.91 Å². The molecule has 1 aliphatic rings. The zero-order valence-electron chi connectivity index (χ0n) is 12.6. The second kappa shape index (κ2) is 7.67. The summed E-state index contributed by atoms with van der Waals surface area (Å²) in [5.41, 5.74) is 2.18. The smallest absolute Gasteiger partial charge is 0.227 e. The molecule has 0 saturated carbocycles. The van der Waals surface area contributed by atoms with Crippen LogP contribution in [0.4, 0.5) is 5.69 Å². The third kappa shape index (κ3) is 3.97. The van der Waals surface area contributed by atoms with Gasteiger partial charge in [0.05, 0.1) is 6.42 Å². The van der Waals surface area contributed by atoms with E-state index < -0.39 is 0 Å². The molecule has 1 fully saturated rings. The number of amides is 1. The number of para-hydroxylation sites is 1. The van der Waals surface area contributed by atoms with E-state index in [1.165, 1.54) is 0 Å². The Hall–Kier alpha value is -2.03. The van der Waals surface area contributed by atoms with Crippen molar-refractivity contribution < 1.29 is 4.79 Å². The van der Waals surface area contributed by atoms with Crippen molar-refractivity contribution in [2.24, 2.45) is 0 Å². The summed E-state index contributed by atoms with van der Waals surface area (Å²) >= 11 is 0. The highest BCUT2D eigenvalue weighted by atomic mass is 16.2. The van der Waals surface area contributed by atoms with Gasteiger partial charge < -0.3 is 9.80 Å². The van der Waals surface area contributed by atoms with Gasteiger partial charge in [-0.1, -0.05) is 30.4 Å². The lowest BCUT2D eigenvalue weighted by molar-refractivity contribution is -0.129. The topological polar surface area (TPSA) is 23.6 Å². The highest BCUT2D eigenvalue weighted by Gasteiger charge is 2.19. The Morgan fingerprint density at radius 3 is 2.38 bits per heavy atom. The van der Waals surface area contributed by atoms with Gasteiger partial charge in [-0.05, 0) is 24.5 Å². The maximum atomic E-state index is 12.4. The molecule has 0 radical (unpaired) electrons. The van der Waals surface area contributed by atoms with Crippen molar-refractivity contribution in [1.82, 2.24) is 4.90 Å². The molecule has 1 amide bonds. The fourth-order valence-electron chi connectivity index (χ4n) is 2.79. The predicted molar refractivity (Wildman–Crippen MR) is 88.6 cm³/mol. The van der Waals surface area contributed by atoms with Crippen LogP contribution in [0.2, 0.25) is 0 Å². The van der Waals surface area contributed by atoms with Crippen LogP contribution in [0, 0.1) is 0 Å². The van der Waals surface area contributed by atoms with Crippen LogP contribution in [0.3, 0.4) is 0 Å². The molecule has 0 unspecified atom stereocenters. The fourth-order valence-corrected chi connectivity index (χ4v) is 2.79. The summed E-state index contributed by atoms with van der Waals surface area (Å²) in [7, 11) is 0. The summed E-state index contributed by atoms with van der Waals surface area (Å²) < 4.78 is 0. The molecule has 1 aliphatic heterocycles. The molecule has 0 aromatic heterocycles.